The summed E-state index contributed by atoms with van der Waals surface area (Å²) < 4.78 is 4.82. The van der Waals surface area contributed by atoms with E-state index in [0.29, 0.717) is 0 Å². The average molecular weight is 263 g/mol. The van der Waals surface area contributed by atoms with Gasteiger partial charge in [-0.15, -0.1) is 0 Å². The molecular formula is C15H21NO3. The minimum Gasteiger partial charge on any atom is -0.389 e. The third kappa shape index (κ3) is 5.68. The zero-order valence-electron chi connectivity index (χ0n) is 11.7. The molecule has 19 heavy (non-hydrogen) atoms. The van der Waals surface area contributed by atoms with E-state index in [1.807, 2.05) is 31.2 Å². The number of rotatable bonds is 6. The van der Waals surface area contributed by atoms with Crippen LogP contribution >= 0.6 is 0 Å². The zero-order chi connectivity index (χ0) is 14.3. The Balaban J connectivity index is 2.51. The molecule has 0 aliphatic rings. The van der Waals surface area contributed by atoms with E-state index in [4.69, 9.17) is 4.74 Å². The van der Waals surface area contributed by atoms with Crippen molar-refractivity contribution >= 4 is 12.0 Å². The van der Waals surface area contributed by atoms with E-state index in [2.05, 4.69) is 0 Å². The predicted octanol–water partition coefficient (Wildman–Crippen LogP) is 1.47. The summed E-state index contributed by atoms with van der Waals surface area (Å²) in [5.41, 5.74) is 2.16. The lowest BCUT2D eigenvalue weighted by molar-refractivity contribution is -0.126. The fraction of sp³-hybridized carbons (Fsp3) is 0.400. The standard InChI is InChI=1S/C15H21NO3/c1-12-4-6-13(7-5-12)8-9-15(18)16(2)10-14(17)11-19-3/h4-9,14,17H,10-11H2,1-3H3. The fourth-order valence-corrected chi connectivity index (χ4v) is 1.62. The van der Waals surface area contributed by atoms with Crippen LogP contribution in [0.15, 0.2) is 30.3 Å². The van der Waals surface area contributed by atoms with Gasteiger partial charge in [0.2, 0.25) is 5.91 Å². The van der Waals surface area contributed by atoms with Crippen molar-refractivity contribution in [3.63, 3.8) is 0 Å². The van der Waals surface area contributed by atoms with E-state index in [-0.39, 0.29) is 19.1 Å². The van der Waals surface area contributed by atoms with Crippen molar-refractivity contribution in [2.45, 2.75) is 13.0 Å². The first-order valence-corrected chi connectivity index (χ1v) is 6.19. The van der Waals surface area contributed by atoms with E-state index in [0.717, 1.165) is 5.56 Å². The topological polar surface area (TPSA) is 49.8 Å². The summed E-state index contributed by atoms with van der Waals surface area (Å²) in [5.74, 6) is -0.143. The molecule has 0 spiro atoms. The lowest BCUT2D eigenvalue weighted by Crippen LogP contribution is -2.35. The molecule has 0 aliphatic carbocycles. The van der Waals surface area contributed by atoms with Crippen molar-refractivity contribution in [1.29, 1.82) is 0 Å². The Bertz CT molecular complexity index is 426. The van der Waals surface area contributed by atoms with Crippen LogP contribution in [0.1, 0.15) is 11.1 Å². The number of likely N-dealkylation sites (N-methyl/N-ethyl adjacent to an activating group) is 1. The number of carbonyl (C=O) groups is 1. The number of carbonyl (C=O) groups excluding carboxylic acids is 1. The minimum atomic E-state index is -0.660. The van der Waals surface area contributed by atoms with Gasteiger partial charge in [-0.1, -0.05) is 29.8 Å². The van der Waals surface area contributed by atoms with Crippen molar-refractivity contribution in [2.24, 2.45) is 0 Å². The van der Waals surface area contributed by atoms with Crippen molar-refractivity contribution in [2.75, 3.05) is 27.3 Å². The smallest absolute Gasteiger partial charge is 0.246 e. The van der Waals surface area contributed by atoms with Gasteiger partial charge in [0.05, 0.1) is 12.7 Å². The number of benzene rings is 1. The molecule has 1 unspecified atom stereocenters. The van der Waals surface area contributed by atoms with E-state index in [9.17, 15) is 9.90 Å². The normalized spacial score (nSPS) is 12.6. The Hall–Kier alpha value is -1.65. The molecule has 0 bridgehead atoms. The number of aliphatic hydroxyl groups is 1. The second-order valence-corrected chi connectivity index (χ2v) is 4.57. The summed E-state index contributed by atoms with van der Waals surface area (Å²) in [4.78, 5) is 13.3. The lowest BCUT2D eigenvalue weighted by Gasteiger charge is -2.18. The maximum atomic E-state index is 11.8. The minimum absolute atomic E-state index is 0.143. The second kappa shape index (κ2) is 7.71. The molecule has 104 valence electrons. The first kappa shape index (κ1) is 15.4. The number of aliphatic hydroxyl groups excluding tert-OH is 1. The summed E-state index contributed by atoms with van der Waals surface area (Å²) in [5, 5.41) is 9.54. The van der Waals surface area contributed by atoms with Gasteiger partial charge in [-0.3, -0.25) is 4.79 Å². The summed E-state index contributed by atoms with van der Waals surface area (Å²) in [6.07, 6.45) is 2.61. The van der Waals surface area contributed by atoms with Crippen LogP contribution < -0.4 is 0 Å². The Kier molecular flexibility index (Phi) is 6.25. The Morgan fingerprint density at radius 3 is 2.63 bits per heavy atom. The molecule has 1 rings (SSSR count). The third-order valence-electron chi connectivity index (χ3n) is 2.72. The monoisotopic (exact) mass is 263 g/mol. The number of methoxy groups -OCH3 is 1. The predicted molar refractivity (Wildman–Crippen MR) is 75.7 cm³/mol. The number of nitrogens with zero attached hydrogens (tertiary/aromatic N) is 1. The molecule has 0 saturated carbocycles. The van der Waals surface area contributed by atoms with E-state index in [1.165, 1.54) is 23.6 Å². The Morgan fingerprint density at radius 1 is 1.42 bits per heavy atom. The number of amides is 1. The summed E-state index contributed by atoms with van der Waals surface area (Å²) in [7, 11) is 3.17. The van der Waals surface area contributed by atoms with E-state index < -0.39 is 6.10 Å². The maximum absolute atomic E-state index is 11.8. The highest BCUT2D eigenvalue weighted by atomic mass is 16.5. The van der Waals surface area contributed by atoms with Crippen LogP contribution in [0.5, 0.6) is 0 Å². The van der Waals surface area contributed by atoms with Gasteiger partial charge in [0.15, 0.2) is 0 Å². The van der Waals surface area contributed by atoms with Gasteiger partial charge >= 0.3 is 0 Å². The van der Waals surface area contributed by atoms with Crippen molar-refractivity contribution in [3.8, 4) is 0 Å². The average Bonchev–Trinajstić information content (AvgIpc) is 2.37. The van der Waals surface area contributed by atoms with Crippen LogP contribution in [-0.2, 0) is 9.53 Å². The van der Waals surface area contributed by atoms with Gasteiger partial charge in [-0.2, -0.15) is 0 Å². The molecule has 1 N–H and O–H groups in total. The molecule has 4 heteroatoms. The van der Waals surface area contributed by atoms with E-state index >= 15 is 0 Å². The largest absolute Gasteiger partial charge is 0.389 e. The summed E-state index contributed by atoms with van der Waals surface area (Å²) in [6.45, 7) is 2.49. The summed E-state index contributed by atoms with van der Waals surface area (Å²) >= 11 is 0. The highest BCUT2D eigenvalue weighted by Gasteiger charge is 2.10. The van der Waals surface area contributed by atoms with Crippen molar-refractivity contribution < 1.29 is 14.6 Å². The van der Waals surface area contributed by atoms with Gasteiger partial charge in [0.25, 0.3) is 0 Å². The molecule has 1 aromatic carbocycles. The van der Waals surface area contributed by atoms with Crippen molar-refractivity contribution in [3.05, 3.63) is 41.5 Å². The van der Waals surface area contributed by atoms with Crippen LogP contribution in [0, 0.1) is 6.92 Å². The number of hydrogen-bond acceptors (Lipinski definition) is 3. The number of ether oxygens (including phenoxy) is 1. The van der Waals surface area contributed by atoms with Crippen LogP contribution in [0.4, 0.5) is 0 Å². The SMILES string of the molecule is COCC(O)CN(C)C(=O)C=Cc1ccc(C)cc1. The highest BCUT2D eigenvalue weighted by Crippen LogP contribution is 2.05. The first-order chi connectivity index (χ1) is 9.02. The van der Waals surface area contributed by atoms with E-state index in [1.54, 1.807) is 13.1 Å². The molecular weight excluding hydrogens is 242 g/mol. The van der Waals surface area contributed by atoms with Gasteiger partial charge in [0, 0.05) is 26.8 Å². The quantitative estimate of drug-likeness (QED) is 0.791. The summed E-state index contributed by atoms with van der Waals surface area (Å²) in [6, 6.07) is 7.91. The molecule has 0 saturated heterocycles. The second-order valence-electron chi connectivity index (χ2n) is 4.57. The van der Waals surface area contributed by atoms with Crippen LogP contribution in [0.2, 0.25) is 0 Å². The van der Waals surface area contributed by atoms with Gasteiger partial charge in [-0.25, -0.2) is 0 Å². The first-order valence-electron chi connectivity index (χ1n) is 6.19. The zero-order valence-corrected chi connectivity index (χ0v) is 11.7. The molecule has 1 amide bonds. The molecule has 0 fully saturated rings. The molecule has 0 heterocycles. The molecule has 0 aliphatic heterocycles. The molecule has 1 atom stereocenters. The highest BCUT2D eigenvalue weighted by molar-refractivity contribution is 5.91. The number of hydrogen-bond donors (Lipinski definition) is 1. The van der Waals surface area contributed by atoms with Crippen LogP contribution in [0.25, 0.3) is 6.08 Å². The van der Waals surface area contributed by atoms with Gasteiger partial charge < -0.3 is 14.7 Å². The Labute approximate surface area is 114 Å². The third-order valence-corrected chi connectivity index (χ3v) is 2.72. The fourth-order valence-electron chi connectivity index (χ4n) is 1.62. The maximum Gasteiger partial charge on any atom is 0.246 e. The Morgan fingerprint density at radius 2 is 2.05 bits per heavy atom. The number of aryl methyl sites for hydroxylation is 1. The van der Waals surface area contributed by atoms with Crippen LogP contribution in [-0.4, -0.2) is 49.3 Å². The molecule has 0 radical (unpaired) electrons. The molecule has 4 nitrogen and oxygen atoms in total. The van der Waals surface area contributed by atoms with Gasteiger partial charge in [0.1, 0.15) is 0 Å². The van der Waals surface area contributed by atoms with Gasteiger partial charge in [-0.05, 0) is 18.6 Å². The van der Waals surface area contributed by atoms with Crippen LogP contribution in [0.3, 0.4) is 0 Å². The molecule has 1 aromatic rings. The lowest BCUT2D eigenvalue weighted by atomic mass is 10.1. The molecule has 0 aromatic heterocycles. The van der Waals surface area contributed by atoms with Crippen molar-refractivity contribution in [1.82, 2.24) is 4.90 Å².